The van der Waals surface area contributed by atoms with E-state index in [1.807, 2.05) is 6.07 Å². The van der Waals surface area contributed by atoms with Gasteiger partial charge >= 0.3 is 5.97 Å². The smallest absolute Gasteiger partial charge is 0.305 e. The first-order chi connectivity index (χ1) is 9.63. The molecule has 1 aromatic carbocycles. The van der Waals surface area contributed by atoms with E-state index in [0.29, 0.717) is 32.5 Å². The van der Waals surface area contributed by atoms with Gasteiger partial charge in [0.1, 0.15) is 5.75 Å². The van der Waals surface area contributed by atoms with Crippen molar-refractivity contribution >= 4 is 5.97 Å². The molecule has 20 heavy (non-hydrogen) atoms. The fraction of sp³-hybridized carbons (Fsp3) is 0.533. The van der Waals surface area contributed by atoms with Gasteiger partial charge in [-0.3, -0.25) is 4.79 Å². The van der Waals surface area contributed by atoms with Crippen LogP contribution in [0.25, 0.3) is 0 Å². The number of rotatable bonds is 6. The van der Waals surface area contributed by atoms with Crippen LogP contribution in [0, 0.1) is 0 Å². The molecule has 5 nitrogen and oxygen atoms in total. The second kappa shape index (κ2) is 6.72. The van der Waals surface area contributed by atoms with Crippen molar-refractivity contribution in [2.75, 3.05) is 13.2 Å². The number of benzene rings is 1. The third kappa shape index (κ3) is 3.29. The highest BCUT2D eigenvalue weighted by atomic mass is 16.5. The van der Waals surface area contributed by atoms with E-state index in [1.165, 1.54) is 0 Å². The molecule has 0 amide bonds. The van der Waals surface area contributed by atoms with Crippen molar-refractivity contribution in [3.05, 3.63) is 29.3 Å². The fourth-order valence-electron chi connectivity index (χ4n) is 2.53. The van der Waals surface area contributed by atoms with Crippen LogP contribution in [0.1, 0.15) is 37.0 Å². The highest BCUT2D eigenvalue weighted by Crippen LogP contribution is 2.37. The first-order valence-electron chi connectivity index (χ1n) is 6.97. The lowest BCUT2D eigenvalue weighted by atomic mass is 10.1. The van der Waals surface area contributed by atoms with Crippen molar-refractivity contribution in [2.45, 2.75) is 38.3 Å². The number of carbonyl (C=O) groups is 1. The van der Waals surface area contributed by atoms with Gasteiger partial charge in [0.15, 0.2) is 0 Å². The van der Waals surface area contributed by atoms with Crippen LogP contribution in [-0.2, 0) is 20.7 Å². The van der Waals surface area contributed by atoms with E-state index in [9.17, 15) is 9.90 Å². The van der Waals surface area contributed by atoms with E-state index in [1.54, 1.807) is 19.1 Å². The quantitative estimate of drug-likeness (QED) is 0.611. The molecule has 1 aliphatic rings. The van der Waals surface area contributed by atoms with Crippen molar-refractivity contribution < 1.29 is 19.4 Å². The lowest BCUT2D eigenvalue weighted by molar-refractivity contribution is -0.143. The van der Waals surface area contributed by atoms with Crippen LogP contribution in [0.3, 0.4) is 0 Å². The summed E-state index contributed by atoms with van der Waals surface area (Å²) in [6.07, 6.45) is 1.36. The lowest BCUT2D eigenvalue weighted by Gasteiger charge is -2.17. The minimum absolute atomic E-state index is 0.152. The SMILES string of the molecule is CCOC(=O)CCCOC1c2cccc(O)c2CC1N. The number of esters is 1. The number of ether oxygens (including phenoxy) is 2. The summed E-state index contributed by atoms with van der Waals surface area (Å²) in [7, 11) is 0. The molecule has 0 fully saturated rings. The minimum atomic E-state index is -0.209. The molecule has 0 saturated heterocycles. The first-order valence-corrected chi connectivity index (χ1v) is 6.97. The molecule has 5 heteroatoms. The zero-order chi connectivity index (χ0) is 14.5. The highest BCUT2D eigenvalue weighted by molar-refractivity contribution is 5.69. The van der Waals surface area contributed by atoms with E-state index in [0.717, 1.165) is 11.1 Å². The molecule has 0 spiro atoms. The summed E-state index contributed by atoms with van der Waals surface area (Å²) in [6, 6.07) is 5.23. The Hall–Kier alpha value is -1.59. The van der Waals surface area contributed by atoms with Crippen LogP contribution in [0.5, 0.6) is 5.75 Å². The number of carbonyl (C=O) groups excluding carboxylic acids is 1. The molecule has 2 unspecified atom stereocenters. The summed E-state index contributed by atoms with van der Waals surface area (Å²) in [4.78, 5) is 11.2. The van der Waals surface area contributed by atoms with Crippen molar-refractivity contribution in [2.24, 2.45) is 5.73 Å². The van der Waals surface area contributed by atoms with E-state index in [2.05, 4.69) is 0 Å². The van der Waals surface area contributed by atoms with Gasteiger partial charge in [-0.15, -0.1) is 0 Å². The van der Waals surface area contributed by atoms with Gasteiger partial charge in [-0.25, -0.2) is 0 Å². The second-order valence-electron chi connectivity index (χ2n) is 4.91. The predicted molar refractivity (Wildman–Crippen MR) is 74.3 cm³/mol. The maximum absolute atomic E-state index is 11.2. The topological polar surface area (TPSA) is 81.8 Å². The Kier molecular flexibility index (Phi) is 4.98. The number of nitrogens with two attached hydrogens (primary N) is 1. The average Bonchev–Trinajstić information content (AvgIpc) is 2.73. The summed E-state index contributed by atoms with van der Waals surface area (Å²) >= 11 is 0. The zero-order valence-corrected chi connectivity index (χ0v) is 11.7. The Bertz CT molecular complexity index is 475. The van der Waals surface area contributed by atoms with Crippen LogP contribution in [0.15, 0.2) is 18.2 Å². The normalized spacial score (nSPS) is 20.7. The second-order valence-corrected chi connectivity index (χ2v) is 4.91. The molecule has 0 radical (unpaired) electrons. The predicted octanol–water partition coefficient (Wildman–Crippen LogP) is 1.68. The Morgan fingerprint density at radius 1 is 1.50 bits per heavy atom. The van der Waals surface area contributed by atoms with Crippen molar-refractivity contribution in [3.8, 4) is 5.75 Å². The maximum Gasteiger partial charge on any atom is 0.305 e. The molecule has 1 aliphatic carbocycles. The summed E-state index contributed by atoms with van der Waals surface area (Å²) in [5.41, 5.74) is 7.88. The lowest BCUT2D eigenvalue weighted by Crippen LogP contribution is -2.27. The van der Waals surface area contributed by atoms with Crippen LogP contribution >= 0.6 is 0 Å². The zero-order valence-electron chi connectivity index (χ0n) is 11.7. The van der Waals surface area contributed by atoms with Gasteiger partial charge in [0.25, 0.3) is 0 Å². The first kappa shape index (κ1) is 14.8. The van der Waals surface area contributed by atoms with Gasteiger partial charge < -0.3 is 20.3 Å². The molecule has 0 saturated carbocycles. The van der Waals surface area contributed by atoms with Crippen LogP contribution < -0.4 is 5.73 Å². The van der Waals surface area contributed by atoms with Crippen molar-refractivity contribution in [1.29, 1.82) is 0 Å². The van der Waals surface area contributed by atoms with Crippen LogP contribution in [0.2, 0.25) is 0 Å². The molecule has 0 bridgehead atoms. The summed E-state index contributed by atoms with van der Waals surface area (Å²) < 4.78 is 10.6. The number of fused-ring (bicyclic) bond motifs is 1. The van der Waals surface area contributed by atoms with Gasteiger partial charge in [0.05, 0.1) is 12.7 Å². The Labute approximate surface area is 118 Å². The van der Waals surface area contributed by atoms with E-state index in [4.69, 9.17) is 15.2 Å². The molecular weight excluding hydrogens is 258 g/mol. The maximum atomic E-state index is 11.2. The monoisotopic (exact) mass is 279 g/mol. The number of phenols is 1. The molecule has 0 aromatic heterocycles. The molecule has 2 atom stereocenters. The third-order valence-electron chi connectivity index (χ3n) is 3.45. The molecule has 1 aromatic rings. The Balaban J connectivity index is 1.85. The number of phenolic OH excluding ortho intramolecular Hbond substituents is 1. The highest BCUT2D eigenvalue weighted by Gasteiger charge is 2.32. The largest absolute Gasteiger partial charge is 0.508 e. The van der Waals surface area contributed by atoms with Gasteiger partial charge in [0.2, 0.25) is 0 Å². The number of hydrogen-bond donors (Lipinski definition) is 2. The minimum Gasteiger partial charge on any atom is -0.508 e. The average molecular weight is 279 g/mol. The van der Waals surface area contributed by atoms with Gasteiger partial charge in [-0.2, -0.15) is 0 Å². The number of hydrogen-bond acceptors (Lipinski definition) is 5. The van der Waals surface area contributed by atoms with Crippen molar-refractivity contribution in [3.63, 3.8) is 0 Å². The molecule has 0 aliphatic heterocycles. The number of aromatic hydroxyl groups is 1. The third-order valence-corrected chi connectivity index (χ3v) is 3.45. The standard InChI is InChI=1S/C15H21NO4/c1-2-19-14(18)7-4-8-20-15-10-5-3-6-13(17)11(10)9-12(15)16/h3,5-6,12,15,17H,2,4,7-9,16H2,1H3. The van der Waals surface area contributed by atoms with Crippen LogP contribution in [0.4, 0.5) is 0 Å². The summed E-state index contributed by atoms with van der Waals surface area (Å²) in [6.45, 7) is 2.64. The summed E-state index contributed by atoms with van der Waals surface area (Å²) in [5, 5.41) is 9.80. The molecule has 3 N–H and O–H groups in total. The van der Waals surface area contributed by atoms with Gasteiger partial charge in [-0.05, 0) is 31.4 Å². The van der Waals surface area contributed by atoms with Gasteiger partial charge in [0, 0.05) is 24.6 Å². The molecule has 2 rings (SSSR count). The Morgan fingerprint density at radius 3 is 3.05 bits per heavy atom. The van der Waals surface area contributed by atoms with Gasteiger partial charge in [-0.1, -0.05) is 12.1 Å². The fourth-order valence-corrected chi connectivity index (χ4v) is 2.53. The molecule has 110 valence electrons. The van der Waals surface area contributed by atoms with E-state index in [-0.39, 0.29) is 23.9 Å². The molecular formula is C15H21NO4. The van der Waals surface area contributed by atoms with Crippen LogP contribution in [-0.4, -0.2) is 30.3 Å². The summed E-state index contributed by atoms with van der Waals surface area (Å²) in [5.74, 6) is 0.0699. The Morgan fingerprint density at radius 2 is 2.30 bits per heavy atom. The van der Waals surface area contributed by atoms with E-state index >= 15 is 0 Å². The van der Waals surface area contributed by atoms with E-state index < -0.39 is 0 Å². The molecule has 0 heterocycles. The van der Waals surface area contributed by atoms with Crippen molar-refractivity contribution in [1.82, 2.24) is 0 Å².